The minimum Gasteiger partial charge on any atom is -0.457 e. The number of anilines is 2. The van der Waals surface area contributed by atoms with Crippen molar-refractivity contribution >= 4 is 33.6 Å². The molecule has 0 amide bonds. The molecular weight excluding hydrogens is 469 g/mol. The number of nitrogens with one attached hydrogen (secondary N) is 2. The lowest BCUT2D eigenvalue weighted by Gasteiger charge is -2.27. The van der Waals surface area contributed by atoms with E-state index in [1.165, 1.54) is 6.33 Å². The average molecular weight is 498 g/mol. The zero-order valence-electron chi connectivity index (χ0n) is 21.0. The number of hydrogen-bond acceptors (Lipinski definition) is 7. The van der Waals surface area contributed by atoms with E-state index in [1.54, 1.807) is 25.4 Å². The van der Waals surface area contributed by atoms with Gasteiger partial charge in [0, 0.05) is 42.9 Å². The molecule has 188 valence electrons. The number of nitrogens with zero attached hydrogens (tertiary/aromatic N) is 5. The second-order valence-corrected chi connectivity index (χ2v) is 9.69. The first-order valence-corrected chi connectivity index (χ1v) is 12.5. The van der Waals surface area contributed by atoms with Crippen LogP contribution in [-0.2, 0) is 7.05 Å². The van der Waals surface area contributed by atoms with Gasteiger partial charge in [-0.2, -0.15) is 0 Å². The van der Waals surface area contributed by atoms with Crippen LogP contribution in [0, 0.1) is 12.7 Å². The standard InChI is InChI=1S/C28H28FN7O/c1-16-4-5-18(13-30-16)20-7-8-22-27(34-20)28(32-14-31-22)35-21-9-11-25(17(2)26(21)29)37-19-6-10-24-23(12-19)33-15-36(24)3/h6-12,14-16,18,30H,4-5,13H2,1-3H3,(H,31,32,35)/t16-,18-/m1/s1. The summed E-state index contributed by atoms with van der Waals surface area (Å²) in [6, 6.07) is 13.5. The predicted octanol–water partition coefficient (Wildman–Crippen LogP) is 5.75. The summed E-state index contributed by atoms with van der Waals surface area (Å²) in [4.78, 5) is 18.0. The van der Waals surface area contributed by atoms with Crippen molar-refractivity contribution < 1.29 is 9.13 Å². The topological polar surface area (TPSA) is 89.8 Å². The van der Waals surface area contributed by atoms with Gasteiger partial charge in [0.2, 0.25) is 0 Å². The Labute approximate surface area is 213 Å². The highest BCUT2D eigenvalue weighted by atomic mass is 19.1. The summed E-state index contributed by atoms with van der Waals surface area (Å²) in [5, 5.41) is 6.66. The average Bonchev–Trinajstić information content (AvgIpc) is 3.28. The summed E-state index contributed by atoms with van der Waals surface area (Å²) in [6.07, 6.45) is 5.40. The van der Waals surface area contributed by atoms with Crippen molar-refractivity contribution in [2.24, 2.45) is 7.05 Å². The van der Waals surface area contributed by atoms with E-state index in [-0.39, 0.29) is 0 Å². The number of piperidine rings is 1. The van der Waals surface area contributed by atoms with Gasteiger partial charge >= 0.3 is 0 Å². The largest absolute Gasteiger partial charge is 0.457 e. The Bertz CT molecular complexity index is 1610. The molecule has 4 heterocycles. The van der Waals surface area contributed by atoms with Crippen LogP contribution in [0.2, 0.25) is 0 Å². The van der Waals surface area contributed by atoms with Crippen molar-refractivity contribution in [3.63, 3.8) is 0 Å². The second kappa shape index (κ2) is 9.40. The van der Waals surface area contributed by atoms with Crippen molar-refractivity contribution in [2.45, 2.75) is 38.6 Å². The lowest BCUT2D eigenvalue weighted by atomic mass is 9.92. The number of aromatic nitrogens is 5. The highest BCUT2D eigenvalue weighted by molar-refractivity contribution is 5.87. The van der Waals surface area contributed by atoms with Gasteiger partial charge in [0.1, 0.15) is 23.3 Å². The molecule has 9 heteroatoms. The summed E-state index contributed by atoms with van der Waals surface area (Å²) >= 11 is 0. The number of halogens is 1. The van der Waals surface area contributed by atoms with Gasteiger partial charge in [0.05, 0.1) is 28.6 Å². The summed E-state index contributed by atoms with van der Waals surface area (Å²) < 4.78 is 23.4. The fourth-order valence-corrected chi connectivity index (χ4v) is 4.83. The first-order valence-electron chi connectivity index (χ1n) is 12.5. The van der Waals surface area contributed by atoms with Crippen molar-refractivity contribution in [2.75, 3.05) is 11.9 Å². The zero-order valence-corrected chi connectivity index (χ0v) is 21.0. The summed E-state index contributed by atoms with van der Waals surface area (Å²) in [5.74, 6) is 1.42. The van der Waals surface area contributed by atoms with Crippen molar-refractivity contribution in [3.05, 3.63) is 72.2 Å². The molecule has 0 unspecified atom stereocenters. The molecule has 0 aliphatic carbocycles. The maximum atomic E-state index is 15.5. The number of benzene rings is 2. The van der Waals surface area contributed by atoms with E-state index in [0.29, 0.717) is 51.6 Å². The molecule has 0 radical (unpaired) electrons. The van der Waals surface area contributed by atoms with Crippen LogP contribution in [0.5, 0.6) is 11.5 Å². The molecule has 1 aliphatic rings. The first kappa shape index (κ1) is 23.3. The highest BCUT2D eigenvalue weighted by Gasteiger charge is 2.21. The molecule has 1 saturated heterocycles. The van der Waals surface area contributed by atoms with Gasteiger partial charge in [-0.15, -0.1) is 0 Å². The van der Waals surface area contributed by atoms with E-state index < -0.39 is 5.82 Å². The van der Waals surface area contributed by atoms with Crippen LogP contribution in [0.3, 0.4) is 0 Å². The fraction of sp³-hybridized carbons (Fsp3) is 0.286. The van der Waals surface area contributed by atoms with Gasteiger partial charge in [-0.3, -0.25) is 0 Å². The van der Waals surface area contributed by atoms with Crippen molar-refractivity contribution in [1.82, 2.24) is 29.8 Å². The Morgan fingerprint density at radius 2 is 1.95 bits per heavy atom. The predicted molar refractivity (Wildman–Crippen MR) is 142 cm³/mol. The van der Waals surface area contributed by atoms with Crippen LogP contribution in [0.15, 0.2) is 55.1 Å². The maximum Gasteiger partial charge on any atom is 0.160 e. The number of ether oxygens (including phenoxy) is 1. The van der Waals surface area contributed by atoms with Gasteiger partial charge in [-0.25, -0.2) is 24.3 Å². The minimum atomic E-state index is -0.412. The lowest BCUT2D eigenvalue weighted by Crippen LogP contribution is -2.36. The van der Waals surface area contributed by atoms with Crippen LogP contribution in [-0.4, -0.2) is 37.1 Å². The molecule has 2 aromatic carbocycles. The highest BCUT2D eigenvalue weighted by Crippen LogP contribution is 2.34. The Balaban J connectivity index is 1.27. The molecule has 0 bridgehead atoms. The van der Waals surface area contributed by atoms with E-state index in [4.69, 9.17) is 9.72 Å². The van der Waals surface area contributed by atoms with E-state index >= 15 is 4.39 Å². The van der Waals surface area contributed by atoms with Gasteiger partial charge in [-0.05, 0) is 63.1 Å². The van der Waals surface area contributed by atoms with Crippen LogP contribution in [0.4, 0.5) is 15.9 Å². The number of aryl methyl sites for hydroxylation is 1. The third kappa shape index (κ3) is 4.46. The Morgan fingerprint density at radius 3 is 2.78 bits per heavy atom. The monoisotopic (exact) mass is 497 g/mol. The zero-order chi connectivity index (χ0) is 25.5. The molecular formula is C28H28FN7O. The van der Waals surface area contributed by atoms with Crippen LogP contribution in [0.1, 0.15) is 36.9 Å². The molecule has 6 rings (SSSR count). The molecule has 1 aliphatic heterocycles. The van der Waals surface area contributed by atoms with E-state index in [2.05, 4.69) is 32.5 Å². The first-order chi connectivity index (χ1) is 18.0. The third-order valence-electron chi connectivity index (χ3n) is 7.10. The Kier molecular flexibility index (Phi) is 5.92. The molecule has 1 fully saturated rings. The van der Waals surface area contributed by atoms with Crippen molar-refractivity contribution in [1.29, 1.82) is 0 Å². The molecule has 0 spiro atoms. The number of rotatable bonds is 5. The van der Waals surface area contributed by atoms with E-state index in [9.17, 15) is 0 Å². The molecule has 37 heavy (non-hydrogen) atoms. The van der Waals surface area contributed by atoms with Gasteiger partial charge in [0.15, 0.2) is 11.6 Å². The molecule has 8 nitrogen and oxygen atoms in total. The second-order valence-electron chi connectivity index (χ2n) is 9.69. The molecule has 3 aromatic heterocycles. The van der Waals surface area contributed by atoms with E-state index in [1.807, 2.05) is 41.9 Å². The quantitative estimate of drug-likeness (QED) is 0.320. The van der Waals surface area contributed by atoms with E-state index in [0.717, 1.165) is 36.1 Å². The number of fused-ring (bicyclic) bond motifs is 2. The Hall–Kier alpha value is -4.11. The SMILES string of the molecule is Cc1c(Oc2ccc3c(c2)ncn3C)ccc(Nc2ncnc3ccc([C@@H]4CC[C@@H](C)NC4)nc23)c1F. The van der Waals surface area contributed by atoms with Crippen molar-refractivity contribution in [3.8, 4) is 11.5 Å². The maximum absolute atomic E-state index is 15.5. The molecule has 0 saturated carbocycles. The summed E-state index contributed by atoms with van der Waals surface area (Å²) in [7, 11) is 1.94. The van der Waals surface area contributed by atoms with Crippen LogP contribution < -0.4 is 15.4 Å². The molecule has 5 aromatic rings. The van der Waals surface area contributed by atoms with Crippen LogP contribution in [0.25, 0.3) is 22.1 Å². The third-order valence-corrected chi connectivity index (χ3v) is 7.10. The number of hydrogen-bond donors (Lipinski definition) is 2. The molecule has 2 N–H and O–H groups in total. The number of pyridine rings is 1. The molecule has 2 atom stereocenters. The van der Waals surface area contributed by atoms with Gasteiger partial charge in [0.25, 0.3) is 0 Å². The smallest absolute Gasteiger partial charge is 0.160 e. The normalized spacial score (nSPS) is 17.8. The Morgan fingerprint density at radius 1 is 1.05 bits per heavy atom. The fourth-order valence-electron chi connectivity index (χ4n) is 4.83. The number of imidazole rings is 1. The lowest BCUT2D eigenvalue weighted by molar-refractivity contribution is 0.381. The summed E-state index contributed by atoms with van der Waals surface area (Å²) in [5.41, 5.74) is 4.83. The van der Waals surface area contributed by atoms with Crippen LogP contribution >= 0.6 is 0 Å². The minimum absolute atomic E-state index is 0.297. The van der Waals surface area contributed by atoms with Gasteiger partial charge in [-0.1, -0.05) is 0 Å². The van der Waals surface area contributed by atoms with Gasteiger partial charge < -0.3 is 19.9 Å². The summed E-state index contributed by atoms with van der Waals surface area (Å²) in [6.45, 7) is 4.78.